The molecule has 0 saturated heterocycles. The lowest BCUT2D eigenvalue weighted by Gasteiger charge is -2.47. The maximum Gasteiger partial charge on any atom is 0.252 e. The van der Waals surface area contributed by atoms with Crippen LogP contribution in [0.15, 0.2) is 320 Å². The van der Waals surface area contributed by atoms with E-state index in [1.54, 1.807) is 0 Å². The van der Waals surface area contributed by atoms with Crippen molar-refractivity contribution in [3.8, 4) is 77.9 Å². The molecule has 0 aliphatic carbocycles. The second kappa shape index (κ2) is 24.0. The van der Waals surface area contributed by atoms with Crippen LogP contribution in [0.2, 0.25) is 0 Å². The SMILES string of the molecule is CC(C)(C)c1cc(-c2ccccc2)c(N2c3cc(-c4ccc5c(c4)oc4ccccc45)ccc3B3c4ccc(-c5c6ccccc6c(-c6ccccc6)c6ccccc56)cc4N(c4c(-c5ccccc5)cc(C(C)(C)C)cc4-c4ccccc4)c4cc(C(C)(C)C)cc2c43)c(-c2ccccc2)c1. The van der Waals surface area contributed by atoms with Crippen LogP contribution in [0.25, 0.3) is 121 Å². The van der Waals surface area contributed by atoms with Gasteiger partial charge in [-0.3, -0.25) is 0 Å². The van der Waals surface area contributed by atoms with Crippen molar-refractivity contribution < 1.29 is 4.42 Å². The van der Waals surface area contributed by atoms with Crippen molar-refractivity contribution >= 4 is 101 Å². The number of benzene rings is 15. The zero-order valence-corrected chi connectivity index (χ0v) is 59.4. The summed E-state index contributed by atoms with van der Waals surface area (Å²) in [4.78, 5) is 5.45. The van der Waals surface area contributed by atoms with Crippen LogP contribution < -0.4 is 26.2 Å². The second-order valence-electron chi connectivity index (χ2n) is 31.1. The van der Waals surface area contributed by atoms with Gasteiger partial charge in [-0.25, -0.2) is 0 Å². The van der Waals surface area contributed by atoms with Crippen molar-refractivity contribution in [1.29, 1.82) is 0 Å². The molecule has 0 saturated carbocycles. The molecule has 3 nitrogen and oxygen atoms in total. The van der Waals surface area contributed by atoms with Gasteiger partial charge in [0.05, 0.1) is 11.4 Å². The number of para-hydroxylation sites is 1. The van der Waals surface area contributed by atoms with E-state index in [2.05, 4.69) is 388 Å². The zero-order valence-electron chi connectivity index (χ0n) is 59.4. The van der Waals surface area contributed by atoms with Crippen molar-refractivity contribution in [1.82, 2.24) is 0 Å². The number of hydrogen-bond acceptors (Lipinski definition) is 3. The van der Waals surface area contributed by atoms with Crippen LogP contribution in [0.1, 0.15) is 79.0 Å². The summed E-state index contributed by atoms with van der Waals surface area (Å²) >= 11 is 0. The van der Waals surface area contributed by atoms with Crippen LogP contribution in [-0.4, -0.2) is 6.71 Å². The van der Waals surface area contributed by atoms with Crippen molar-refractivity contribution in [2.24, 2.45) is 0 Å². The van der Waals surface area contributed by atoms with E-state index in [0.717, 1.165) is 95.0 Å². The third kappa shape index (κ3) is 10.4. The highest BCUT2D eigenvalue weighted by Crippen LogP contribution is 2.56. The third-order valence-electron chi connectivity index (χ3n) is 21.7. The fraction of sp³-hybridized carbons (Fsp3) is 0.122. The summed E-state index contributed by atoms with van der Waals surface area (Å²) in [6.07, 6.45) is 0. The normalized spacial score (nSPS) is 12.9. The molecule has 0 spiro atoms. The summed E-state index contributed by atoms with van der Waals surface area (Å²) in [6.45, 7) is 21.1. The minimum Gasteiger partial charge on any atom is -0.456 e. The molecular weight excluding hydrogens is 1230 g/mol. The molecular formula is C98H79BN2O. The summed E-state index contributed by atoms with van der Waals surface area (Å²) < 4.78 is 6.71. The molecule has 15 aromatic carbocycles. The van der Waals surface area contributed by atoms with Gasteiger partial charge in [0.15, 0.2) is 0 Å². The highest BCUT2D eigenvalue weighted by Gasteiger charge is 2.47. The fourth-order valence-corrected chi connectivity index (χ4v) is 16.5. The van der Waals surface area contributed by atoms with Crippen LogP contribution in [0.3, 0.4) is 0 Å². The Kier molecular flexibility index (Phi) is 14.7. The predicted octanol–water partition coefficient (Wildman–Crippen LogP) is 25.5. The van der Waals surface area contributed by atoms with Gasteiger partial charge in [0.25, 0.3) is 6.71 Å². The molecule has 2 aliphatic rings. The average Bonchev–Trinajstić information content (AvgIpc) is 0.739. The van der Waals surface area contributed by atoms with Gasteiger partial charge in [-0.2, -0.15) is 0 Å². The molecule has 0 unspecified atom stereocenters. The first-order chi connectivity index (χ1) is 49.5. The molecule has 2 aliphatic heterocycles. The quantitative estimate of drug-likeness (QED) is 0.106. The van der Waals surface area contributed by atoms with Gasteiger partial charge in [0.2, 0.25) is 0 Å². The van der Waals surface area contributed by atoms with Gasteiger partial charge in [0, 0.05) is 55.8 Å². The van der Waals surface area contributed by atoms with Gasteiger partial charge in [-0.1, -0.05) is 311 Å². The number of furan rings is 1. The van der Waals surface area contributed by atoms with E-state index in [0.29, 0.717) is 0 Å². The monoisotopic (exact) mass is 1310 g/mol. The first kappa shape index (κ1) is 62.5. The van der Waals surface area contributed by atoms with Crippen molar-refractivity contribution in [2.45, 2.75) is 78.6 Å². The minimum absolute atomic E-state index is 0.189. The summed E-state index contributed by atoms with van der Waals surface area (Å²) in [7, 11) is 0. The Balaban J connectivity index is 1.02. The Morgan fingerprint density at radius 2 is 0.559 bits per heavy atom. The molecule has 102 heavy (non-hydrogen) atoms. The van der Waals surface area contributed by atoms with Gasteiger partial charge in [0.1, 0.15) is 11.2 Å². The van der Waals surface area contributed by atoms with E-state index >= 15 is 0 Å². The van der Waals surface area contributed by atoms with Gasteiger partial charge < -0.3 is 14.2 Å². The second-order valence-corrected chi connectivity index (χ2v) is 31.1. The van der Waals surface area contributed by atoms with Crippen LogP contribution in [0, 0.1) is 0 Å². The molecule has 1 aromatic heterocycles. The smallest absolute Gasteiger partial charge is 0.252 e. The lowest BCUT2D eigenvalue weighted by molar-refractivity contribution is 0.590. The molecule has 18 rings (SSSR count). The minimum atomic E-state index is -0.329. The Bertz CT molecular complexity index is 5810. The molecule has 0 radical (unpaired) electrons. The van der Waals surface area contributed by atoms with Gasteiger partial charge in [-0.05, 0) is 193 Å². The Morgan fingerprint density at radius 3 is 0.971 bits per heavy atom. The van der Waals surface area contributed by atoms with E-state index in [4.69, 9.17) is 4.42 Å². The Labute approximate surface area is 599 Å². The largest absolute Gasteiger partial charge is 0.456 e. The van der Waals surface area contributed by atoms with E-state index < -0.39 is 0 Å². The van der Waals surface area contributed by atoms with Crippen LogP contribution in [0.4, 0.5) is 34.1 Å². The molecule has 4 heteroatoms. The van der Waals surface area contributed by atoms with Crippen LogP contribution in [-0.2, 0) is 16.2 Å². The predicted molar refractivity (Wildman–Crippen MR) is 437 cm³/mol. The van der Waals surface area contributed by atoms with E-state index in [1.165, 1.54) is 93.6 Å². The third-order valence-corrected chi connectivity index (χ3v) is 21.7. The molecule has 0 fully saturated rings. The Hall–Kier alpha value is -11.7. The van der Waals surface area contributed by atoms with Gasteiger partial charge in [-0.15, -0.1) is 0 Å². The first-order valence-electron chi connectivity index (χ1n) is 36.1. The number of rotatable bonds is 9. The Morgan fingerprint density at radius 1 is 0.245 bits per heavy atom. The highest BCUT2D eigenvalue weighted by atomic mass is 16.3. The molecule has 3 heterocycles. The van der Waals surface area contributed by atoms with E-state index in [9.17, 15) is 0 Å². The van der Waals surface area contributed by atoms with Crippen molar-refractivity contribution in [3.63, 3.8) is 0 Å². The van der Waals surface area contributed by atoms with Gasteiger partial charge >= 0.3 is 0 Å². The summed E-state index contributed by atoms with van der Waals surface area (Å²) in [5.41, 5.74) is 31.7. The summed E-state index contributed by atoms with van der Waals surface area (Å²) in [5.74, 6) is 0. The standard InChI is InChI=1S/C98H79BN2O/c1-96(2,3)70-56-79(62-31-15-10-16-32-62)94(80(57-70)63-33-17-11-18-34-63)100-85-53-67(68-47-50-74-73-41-29-30-46-89(73)102-90(74)55-68)48-51-83(85)99-84-52-49-69(92-77-44-27-25-42-75(77)91(66-39-23-14-24-40-66)76-43-26-28-45-78(76)92)54-86(84)101(88-61-72(98(7,8)9)60-87(100)93(88)99)95-81(64-35-19-12-20-36-64)58-71(97(4,5)6)59-82(95)65-37-21-13-22-38-65/h10-61H,1-9H3. The van der Waals surface area contributed by atoms with Crippen molar-refractivity contribution in [3.05, 3.63) is 332 Å². The van der Waals surface area contributed by atoms with E-state index in [-0.39, 0.29) is 23.0 Å². The zero-order chi connectivity index (χ0) is 69.3. The number of nitrogens with zero attached hydrogens (tertiary/aromatic N) is 2. The fourth-order valence-electron chi connectivity index (χ4n) is 16.5. The van der Waals surface area contributed by atoms with Crippen molar-refractivity contribution in [2.75, 3.05) is 9.80 Å². The lowest BCUT2D eigenvalue weighted by atomic mass is 9.33. The molecule has 16 aromatic rings. The van der Waals surface area contributed by atoms with Crippen LogP contribution in [0.5, 0.6) is 0 Å². The average molecular weight is 1310 g/mol. The molecule has 490 valence electrons. The maximum atomic E-state index is 6.71. The number of hydrogen-bond donors (Lipinski definition) is 0. The number of anilines is 6. The van der Waals surface area contributed by atoms with E-state index in [1.807, 2.05) is 0 Å². The summed E-state index contributed by atoms with van der Waals surface area (Å²) in [5, 5.41) is 7.11. The molecule has 0 amide bonds. The number of fused-ring (bicyclic) bond motifs is 9. The topological polar surface area (TPSA) is 19.6 Å². The first-order valence-corrected chi connectivity index (χ1v) is 36.1. The summed E-state index contributed by atoms with van der Waals surface area (Å²) in [6, 6.07) is 119. The van der Waals surface area contributed by atoms with Crippen LogP contribution >= 0.6 is 0 Å². The molecule has 0 bridgehead atoms. The highest BCUT2D eigenvalue weighted by molar-refractivity contribution is 7.00. The maximum absolute atomic E-state index is 6.71. The molecule has 0 N–H and O–H groups in total. The lowest BCUT2D eigenvalue weighted by Crippen LogP contribution is -2.61. The molecule has 0 atom stereocenters.